The van der Waals surface area contributed by atoms with E-state index in [0.717, 1.165) is 22.9 Å². The molecule has 2 rings (SSSR count). The van der Waals surface area contributed by atoms with Crippen LogP contribution in [0.2, 0.25) is 0 Å². The van der Waals surface area contributed by atoms with E-state index in [1.165, 1.54) is 19.2 Å². The highest BCUT2D eigenvalue weighted by Gasteiger charge is 2.35. The highest BCUT2D eigenvalue weighted by molar-refractivity contribution is 5.99. The normalized spacial score (nSPS) is 11.6. The van der Waals surface area contributed by atoms with Crippen LogP contribution in [0.5, 0.6) is 5.75 Å². The van der Waals surface area contributed by atoms with E-state index < -0.39 is 23.2 Å². The lowest BCUT2D eigenvalue weighted by atomic mass is 10.2. The number of nitrogens with one attached hydrogen (secondary N) is 2. The molecule has 0 unspecified atom stereocenters. The largest absolute Gasteiger partial charge is 0.466 e. The molecule has 1 aromatic carbocycles. The number of hydrogen-bond donors (Lipinski definition) is 2. The van der Waals surface area contributed by atoms with Crippen molar-refractivity contribution in [2.45, 2.75) is 59.8 Å². The molecule has 0 saturated heterocycles. The van der Waals surface area contributed by atoms with Gasteiger partial charge in [0.1, 0.15) is 11.6 Å². The van der Waals surface area contributed by atoms with Crippen LogP contribution in [-0.4, -0.2) is 33.3 Å². The average Bonchev–Trinajstić information content (AvgIpc) is 2.59. The summed E-state index contributed by atoms with van der Waals surface area (Å²) in [5.74, 6) is -0.881. The third-order valence-electron chi connectivity index (χ3n) is 3.81. The summed E-state index contributed by atoms with van der Waals surface area (Å²) in [6.07, 6.45) is 1.52. The maximum atomic E-state index is 14.2. The van der Waals surface area contributed by atoms with Crippen LogP contribution in [-0.2, 0) is 9.63 Å². The van der Waals surface area contributed by atoms with Crippen LogP contribution in [0, 0.1) is 12.7 Å². The van der Waals surface area contributed by atoms with Crippen LogP contribution in [0.3, 0.4) is 0 Å². The SMILES string of the molecule is CC(=O)N(OC(C)(C)C)C(C)(C)Oc1cc(F)cc(NC(=O)Nc2ccc(C)nc2)c1. The van der Waals surface area contributed by atoms with Gasteiger partial charge < -0.3 is 15.4 Å². The van der Waals surface area contributed by atoms with Gasteiger partial charge in [0.05, 0.1) is 17.5 Å². The number of carbonyl (C=O) groups excluding carboxylic acids is 2. The Morgan fingerprint density at radius 1 is 1.03 bits per heavy atom. The maximum Gasteiger partial charge on any atom is 0.323 e. The summed E-state index contributed by atoms with van der Waals surface area (Å²) in [6.45, 7) is 11.8. The Morgan fingerprint density at radius 2 is 1.68 bits per heavy atom. The third-order valence-corrected chi connectivity index (χ3v) is 3.81. The van der Waals surface area contributed by atoms with Gasteiger partial charge in [-0.05, 0) is 59.7 Å². The molecule has 0 aliphatic carbocycles. The average molecular weight is 432 g/mol. The molecule has 0 bridgehead atoms. The lowest BCUT2D eigenvalue weighted by Crippen LogP contribution is -2.53. The maximum absolute atomic E-state index is 14.2. The Labute approximate surface area is 181 Å². The van der Waals surface area contributed by atoms with Crippen molar-refractivity contribution >= 4 is 23.3 Å². The van der Waals surface area contributed by atoms with Crippen molar-refractivity contribution in [3.8, 4) is 5.75 Å². The van der Waals surface area contributed by atoms with Gasteiger partial charge in [-0.3, -0.25) is 14.6 Å². The summed E-state index contributed by atoms with van der Waals surface area (Å²) in [4.78, 5) is 34.2. The zero-order chi connectivity index (χ0) is 23.4. The standard InChI is InChI=1S/C22H29FN4O4/c1-14-8-9-17(13-24-14)25-20(29)26-18-10-16(23)11-19(12-18)30-22(6,7)27(15(2)28)31-21(3,4)5/h8-13H,1-7H3,(H2,25,26,29). The monoisotopic (exact) mass is 432 g/mol. The Morgan fingerprint density at radius 3 is 2.23 bits per heavy atom. The molecule has 0 saturated carbocycles. The molecule has 0 spiro atoms. The molecule has 0 fully saturated rings. The number of pyridine rings is 1. The number of aromatic nitrogens is 1. The molecule has 168 valence electrons. The van der Waals surface area contributed by atoms with Crippen LogP contribution in [0.25, 0.3) is 0 Å². The molecule has 9 heteroatoms. The number of benzene rings is 1. The fourth-order valence-corrected chi connectivity index (χ4v) is 2.69. The fourth-order valence-electron chi connectivity index (χ4n) is 2.69. The second-order valence-corrected chi connectivity index (χ2v) is 8.51. The molecular weight excluding hydrogens is 403 g/mol. The number of urea groups is 1. The molecule has 8 nitrogen and oxygen atoms in total. The number of halogens is 1. The molecule has 3 amide bonds. The van der Waals surface area contributed by atoms with Gasteiger partial charge in [-0.15, -0.1) is 0 Å². The Hall–Kier alpha value is -3.20. The summed E-state index contributed by atoms with van der Waals surface area (Å²) in [6, 6.07) is 6.66. The number of nitrogens with zero attached hydrogens (tertiary/aromatic N) is 2. The number of aryl methyl sites for hydroxylation is 1. The van der Waals surface area contributed by atoms with Gasteiger partial charge in [-0.2, -0.15) is 5.06 Å². The number of hydroxylamine groups is 2. The summed E-state index contributed by atoms with van der Waals surface area (Å²) in [7, 11) is 0. The molecule has 0 aliphatic heterocycles. The predicted molar refractivity (Wildman–Crippen MR) is 116 cm³/mol. The number of rotatable bonds is 6. The van der Waals surface area contributed by atoms with Crippen LogP contribution in [0.4, 0.5) is 20.6 Å². The van der Waals surface area contributed by atoms with Crippen molar-refractivity contribution in [1.82, 2.24) is 10.0 Å². The lowest BCUT2D eigenvalue weighted by molar-refractivity contribution is -0.294. The Balaban J connectivity index is 2.16. The number of anilines is 2. The summed E-state index contributed by atoms with van der Waals surface area (Å²) >= 11 is 0. The van der Waals surface area contributed by atoms with Crippen molar-refractivity contribution < 1.29 is 23.6 Å². The zero-order valence-corrected chi connectivity index (χ0v) is 18.9. The number of ether oxygens (including phenoxy) is 1. The first-order valence-electron chi connectivity index (χ1n) is 9.75. The van der Waals surface area contributed by atoms with Crippen molar-refractivity contribution in [2.75, 3.05) is 10.6 Å². The highest BCUT2D eigenvalue weighted by Crippen LogP contribution is 2.28. The topological polar surface area (TPSA) is 92.8 Å². The van der Waals surface area contributed by atoms with E-state index in [1.807, 2.05) is 6.92 Å². The first-order chi connectivity index (χ1) is 14.2. The second kappa shape index (κ2) is 9.30. The molecule has 1 aromatic heterocycles. The lowest BCUT2D eigenvalue weighted by Gasteiger charge is -2.40. The minimum atomic E-state index is -1.25. The van der Waals surface area contributed by atoms with E-state index in [0.29, 0.717) is 5.69 Å². The summed E-state index contributed by atoms with van der Waals surface area (Å²) in [5.41, 5.74) is -0.414. The molecule has 2 aromatic rings. The second-order valence-electron chi connectivity index (χ2n) is 8.51. The zero-order valence-electron chi connectivity index (χ0n) is 18.9. The minimum Gasteiger partial charge on any atom is -0.466 e. The van der Waals surface area contributed by atoms with Gasteiger partial charge in [-0.25, -0.2) is 9.18 Å². The van der Waals surface area contributed by atoms with E-state index in [1.54, 1.807) is 46.8 Å². The predicted octanol–water partition coefficient (Wildman–Crippen LogP) is 4.87. The molecular formula is C22H29FN4O4. The van der Waals surface area contributed by atoms with Gasteiger partial charge in [-0.1, -0.05) is 0 Å². The van der Waals surface area contributed by atoms with Gasteiger partial charge in [0, 0.05) is 30.4 Å². The first kappa shape index (κ1) is 24.1. The Bertz CT molecular complexity index is 940. The molecule has 0 aliphatic rings. The molecule has 2 N–H and O–H groups in total. The van der Waals surface area contributed by atoms with Gasteiger partial charge in [0.2, 0.25) is 11.6 Å². The smallest absolute Gasteiger partial charge is 0.323 e. The van der Waals surface area contributed by atoms with Crippen LogP contribution >= 0.6 is 0 Å². The molecule has 1 heterocycles. The van der Waals surface area contributed by atoms with E-state index in [2.05, 4.69) is 15.6 Å². The third kappa shape index (κ3) is 7.53. The molecule has 0 atom stereocenters. The molecule has 31 heavy (non-hydrogen) atoms. The highest BCUT2D eigenvalue weighted by atomic mass is 19.1. The van der Waals surface area contributed by atoms with E-state index >= 15 is 0 Å². The quantitative estimate of drug-likeness (QED) is 0.502. The fraction of sp³-hybridized carbons (Fsp3) is 0.409. The Kier molecular flexibility index (Phi) is 7.22. The number of hydrogen-bond acceptors (Lipinski definition) is 5. The van der Waals surface area contributed by atoms with Crippen LogP contribution < -0.4 is 15.4 Å². The molecule has 0 radical (unpaired) electrons. The van der Waals surface area contributed by atoms with Crippen molar-refractivity contribution in [2.24, 2.45) is 0 Å². The minimum absolute atomic E-state index is 0.112. The van der Waals surface area contributed by atoms with Crippen molar-refractivity contribution in [1.29, 1.82) is 0 Å². The van der Waals surface area contributed by atoms with E-state index in [9.17, 15) is 14.0 Å². The van der Waals surface area contributed by atoms with E-state index in [-0.39, 0.29) is 17.3 Å². The summed E-state index contributed by atoms with van der Waals surface area (Å²) < 4.78 is 20.0. The van der Waals surface area contributed by atoms with Crippen LogP contribution in [0.1, 0.15) is 47.2 Å². The van der Waals surface area contributed by atoms with Gasteiger partial charge in [0.15, 0.2) is 0 Å². The summed E-state index contributed by atoms with van der Waals surface area (Å²) in [5, 5.41) is 6.27. The van der Waals surface area contributed by atoms with Crippen molar-refractivity contribution in [3.63, 3.8) is 0 Å². The van der Waals surface area contributed by atoms with Gasteiger partial charge in [0.25, 0.3) is 0 Å². The number of carbonyl (C=O) groups is 2. The van der Waals surface area contributed by atoms with Crippen LogP contribution in [0.15, 0.2) is 36.5 Å². The van der Waals surface area contributed by atoms with Crippen molar-refractivity contribution in [3.05, 3.63) is 48.0 Å². The first-order valence-corrected chi connectivity index (χ1v) is 9.75. The van der Waals surface area contributed by atoms with Gasteiger partial charge >= 0.3 is 6.03 Å². The number of amides is 3. The van der Waals surface area contributed by atoms with E-state index in [4.69, 9.17) is 9.57 Å².